The van der Waals surface area contributed by atoms with Crippen molar-refractivity contribution in [3.63, 3.8) is 0 Å². The Hall–Kier alpha value is -0.120. The average Bonchev–Trinajstić information content (AvgIpc) is 2.94. The van der Waals surface area contributed by atoms with Gasteiger partial charge in [-0.3, -0.25) is 4.90 Å². The van der Waals surface area contributed by atoms with Gasteiger partial charge in [-0.1, -0.05) is 0 Å². The first kappa shape index (κ1) is 11.0. The minimum absolute atomic E-state index is 0.791. The summed E-state index contributed by atoms with van der Waals surface area (Å²) in [4.78, 5) is 5.23. The average molecular weight is 223 g/mol. The third kappa shape index (κ3) is 2.58. The van der Waals surface area contributed by atoms with E-state index in [0.29, 0.717) is 0 Å². The van der Waals surface area contributed by atoms with Crippen molar-refractivity contribution in [1.82, 2.24) is 15.1 Å². The molecule has 92 valence electrons. The van der Waals surface area contributed by atoms with Crippen molar-refractivity contribution in [2.45, 2.75) is 50.2 Å². The number of hydrogen-bond acceptors (Lipinski definition) is 3. The van der Waals surface area contributed by atoms with E-state index in [2.05, 4.69) is 22.2 Å². The first-order valence-corrected chi connectivity index (χ1v) is 7.00. The van der Waals surface area contributed by atoms with Gasteiger partial charge in [0.15, 0.2) is 0 Å². The van der Waals surface area contributed by atoms with E-state index >= 15 is 0 Å². The van der Waals surface area contributed by atoms with Crippen molar-refractivity contribution < 1.29 is 0 Å². The molecule has 0 radical (unpaired) electrons. The molecule has 3 fully saturated rings. The van der Waals surface area contributed by atoms with Crippen molar-refractivity contribution in [2.75, 3.05) is 33.2 Å². The molecule has 0 aromatic heterocycles. The number of rotatable bonds is 3. The Balaban J connectivity index is 1.48. The summed E-state index contributed by atoms with van der Waals surface area (Å²) in [5.74, 6) is 0. The first-order valence-electron chi connectivity index (χ1n) is 7.00. The Kier molecular flexibility index (Phi) is 3.18. The van der Waals surface area contributed by atoms with Gasteiger partial charge in [0.2, 0.25) is 0 Å². The fraction of sp³-hybridized carbons (Fsp3) is 1.00. The van der Waals surface area contributed by atoms with E-state index in [-0.39, 0.29) is 0 Å². The fourth-order valence-corrected chi connectivity index (χ4v) is 3.28. The van der Waals surface area contributed by atoms with Crippen LogP contribution < -0.4 is 5.32 Å². The summed E-state index contributed by atoms with van der Waals surface area (Å²) in [6.45, 7) is 5.21. The Morgan fingerprint density at radius 2 is 1.81 bits per heavy atom. The SMILES string of the molecule is CN1CCCC(N2CCC(NC3CC3)C2)C1. The summed E-state index contributed by atoms with van der Waals surface area (Å²) in [5.41, 5.74) is 0. The van der Waals surface area contributed by atoms with Gasteiger partial charge in [0, 0.05) is 37.8 Å². The second-order valence-corrected chi connectivity index (χ2v) is 5.98. The Morgan fingerprint density at radius 1 is 0.938 bits per heavy atom. The molecular formula is C13H25N3. The van der Waals surface area contributed by atoms with E-state index in [0.717, 1.165) is 18.1 Å². The zero-order valence-corrected chi connectivity index (χ0v) is 10.5. The maximum atomic E-state index is 3.78. The highest BCUT2D eigenvalue weighted by molar-refractivity contribution is 4.92. The van der Waals surface area contributed by atoms with Gasteiger partial charge < -0.3 is 10.2 Å². The van der Waals surface area contributed by atoms with Crippen molar-refractivity contribution in [1.29, 1.82) is 0 Å². The Labute approximate surface area is 99.2 Å². The van der Waals surface area contributed by atoms with Crippen LogP contribution in [0.25, 0.3) is 0 Å². The number of hydrogen-bond donors (Lipinski definition) is 1. The van der Waals surface area contributed by atoms with Gasteiger partial charge in [0.25, 0.3) is 0 Å². The summed E-state index contributed by atoms with van der Waals surface area (Å²) in [7, 11) is 2.27. The van der Waals surface area contributed by atoms with Crippen molar-refractivity contribution >= 4 is 0 Å². The standard InChI is InChI=1S/C13H25N3/c1-15-7-2-3-13(10-15)16-8-6-12(9-16)14-11-4-5-11/h11-14H,2-10H2,1H3. The molecule has 0 bridgehead atoms. The van der Waals surface area contributed by atoms with Crippen LogP contribution in [0.3, 0.4) is 0 Å². The van der Waals surface area contributed by atoms with Crippen LogP contribution in [0.15, 0.2) is 0 Å². The van der Waals surface area contributed by atoms with E-state index < -0.39 is 0 Å². The van der Waals surface area contributed by atoms with Gasteiger partial charge in [0.1, 0.15) is 0 Å². The van der Waals surface area contributed by atoms with E-state index in [4.69, 9.17) is 0 Å². The van der Waals surface area contributed by atoms with E-state index in [9.17, 15) is 0 Å². The largest absolute Gasteiger partial charge is 0.310 e. The molecule has 3 rings (SSSR count). The molecule has 0 spiro atoms. The van der Waals surface area contributed by atoms with Crippen LogP contribution in [0.5, 0.6) is 0 Å². The molecule has 2 atom stereocenters. The molecular weight excluding hydrogens is 198 g/mol. The maximum absolute atomic E-state index is 3.78. The van der Waals surface area contributed by atoms with Crippen LogP contribution in [0.2, 0.25) is 0 Å². The predicted octanol–water partition coefficient (Wildman–Crippen LogP) is 0.907. The first-order chi connectivity index (χ1) is 7.81. The van der Waals surface area contributed by atoms with Crippen molar-refractivity contribution in [3.8, 4) is 0 Å². The molecule has 2 unspecified atom stereocenters. The van der Waals surface area contributed by atoms with Gasteiger partial charge in [-0.2, -0.15) is 0 Å². The Bertz CT molecular complexity index is 239. The smallest absolute Gasteiger partial charge is 0.0224 e. The quantitative estimate of drug-likeness (QED) is 0.767. The molecule has 16 heavy (non-hydrogen) atoms. The lowest BCUT2D eigenvalue weighted by molar-refractivity contribution is 0.131. The van der Waals surface area contributed by atoms with Crippen LogP contribution in [-0.2, 0) is 0 Å². The summed E-state index contributed by atoms with van der Waals surface area (Å²) in [6, 6.07) is 2.50. The second kappa shape index (κ2) is 4.63. The molecule has 1 saturated carbocycles. The molecule has 3 nitrogen and oxygen atoms in total. The highest BCUT2D eigenvalue weighted by Gasteiger charge is 2.33. The fourth-order valence-electron chi connectivity index (χ4n) is 3.28. The third-order valence-electron chi connectivity index (χ3n) is 4.38. The molecule has 2 saturated heterocycles. The van der Waals surface area contributed by atoms with E-state index in [1.807, 2.05) is 0 Å². The molecule has 2 heterocycles. The zero-order valence-electron chi connectivity index (χ0n) is 10.5. The highest BCUT2D eigenvalue weighted by atomic mass is 15.3. The van der Waals surface area contributed by atoms with Gasteiger partial charge in [-0.05, 0) is 45.7 Å². The monoisotopic (exact) mass is 223 g/mol. The minimum atomic E-state index is 0.791. The number of likely N-dealkylation sites (tertiary alicyclic amines) is 2. The molecule has 0 amide bonds. The zero-order chi connectivity index (χ0) is 11.0. The molecule has 1 aliphatic carbocycles. The number of likely N-dealkylation sites (N-methyl/N-ethyl adjacent to an activating group) is 1. The summed E-state index contributed by atoms with van der Waals surface area (Å²) in [5, 5.41) is 3.78. The highest BCUT2D eigenvalue weighted by Crippen LogP contribution is 2.24. The molecule has 0 aromatic carbocycles. The lowest BCUT2D eigenvalue weighted by atomic mass is 10.1. The van der Waals surface area contributed by atoms with Crippen LogP contribution >= 0.6 is 0 Å². The lowest BCUT2D eigenvalue weighted by Crippen LogP contribution is -2.46. The molecule has 3 aliphatic rings. The summed E-state index contributed by atoms with van der Waals surface area (Å²) in [6.07, 6.45) is 7.01. The molecule has 3 heteroatoms. The van der Waals surface area contributed by atoms with Gasteiger partial charge >= 0.3 is 0 Å². The van der Waals surface area contributed by atoms with Crippen LogP contribution in [-0.4, -0.2) is 61.2 Å². The van der Waals surface area contributed by atoms with Gasteiger partial charge in [-0.15, -0.1) is 0 Å². The lowest BCUT2D eigenvalue weighted by Gasteiger charge is -2.35. The molecule has 2 aliphatic heterocycles. The van der Waals surface area contributed by atoms with Crippen LogP contribution in [0.4, 0.5) is 0 Å². The minimum Gasteiger partial charge on any atom is -0.310 e. The number of nitrogens with one attached hydrogen (secondary N) is 1. The predicted molar refractivity (Wildman–Crippen MR) is 66.7 cm³/mol. The van der Waals surface area contributed by atoms with E-state index in [1.54, 1.807) is 0 Å². The van der Waals surface area contributed by atoms with Crippen LogP contribution in [0, 0.1) is 0 Å². The normalized spacial score (nSPS) is 38.1. The molecule has 0 aromatic rings. The number of nitrogens with zero attached hydrogens (tertiary/aromatic N) is 2. The maximum Gasteiger partial charge on any atom is 0.0224 e. The van der Waals surface area contributed by atoms with Crippen LogP contribution in [0.1, 0.15) is 32.1 Å². The second-order valence-electron chi connectivity index (χ2n) is 5.98. The number of piperidine rings is 1. The topological polar surface area (TPSA) is 18.5 Å². The van der Waals surface area contributed by atoms with E-state index in [1.165, 1.54) is 58.3 Å². The van der Waals surface area contributed by atoms with Gasteiger partial charge in [-0.25, -0.2) is 0 Å². The van der Waals surface area contributed by atoms with Crippen molar-refractivity contribution in [3.05, 3.63) is 0 Å². The third-order valence-corrected chi connectivity index (χ3v) is 4.38. The van der Waals surface area contributed by atoms with Crippen molar-refractivity contribution in [2.24, 2.45) is 0 Å². The Morgan fingerprint density at radius 3 is 2.56 bits per heavy atom. The molecule has 1 N–H and O–H groups in total. The summed E-state index contributed by atoms with van der Waals surface area (Å²) < 4.78 is 0. The van der Waals surface area contributed by atoms with Gasteiger partial charge in [0.05, 0.1) is 0 Å². The summed E-state index contributed by atoms with van der Waals surface area (Å²) >= 11 is 0.